The van der Waals surface area contributed by atoms with E-state index in [0.29, 0.717) is 13.1 Å². The van der Waals surface area contributed by atoms with Crippen molar-refractivity contribution in [3.05, 3.63) is 54.6 Å². The molecule has 0 saturated carbocycles. The van der Waals surface area contributed by atoms with Gasteiger partial charge in [-0.3, -0.25) is 19.6 Å². The molecular formula is C20H25N5O2. The maximum absolute atomic E-state index is 12.6. The van der Waals surface area contributed by atoms with Gasteiger partial charge in [0, 0.05) is 57.4 Å². The average molecular weight is 367 g/mol. The average Bonchev–Trinajstić information content (AvgIpc) is 2.90. The molecule has 2 aromatic rings. The van der Waals surface area contributed by atoms with E-state index in [4.69, 9.17) is 0 Å². The number of carbonyl (C=O) groups is 2. The molecule has 1 aliphatic rings. The number of hydrogen-bond donors (Lipinski definition) is 1. The number of amides is 2. The number of nitrogens with one attached hydrogen (secondary N) is 1. The summed E-state index contributed by atoms with van der Waals surface area (Å²) in [4.78, 5) is 36.4. The molecular weight excluding hydrogens is 342 g/mol. The van der Waals surface area contributed by atoms with Crippen LogP contribution < -0.4 is 10.2 Å². The molecule has 1 aromatic carbocycles. The van der Waals surface area contributed by atoms with Gasteiger partial charge in [-0.15, -0.1) is 0 Å². The molecule has 3 rings (SSSR count). The van der Waals surface area contributed by atoms with Crippen LogP contribution in [0.4, 0.5) is 5.69 Å². The lowest BCUT2D eigenvalue weighted by molar-refractivity contribution is -0.132. The fourth-order valence-electron chi connectivity index (χ4n) is 3.38. The highest BCUT2D eigenvalue weighted by atomic mass is 16.2. The minimum absolute atomic E-state index is 0.0402. The van der Waals surface area contributed by atoms with Gasteiger partial charge in [-0.25, -0.2) is 0 Å². The Bertz CT molecular complexity index is 753. The molecule has 0 radical (unpaired) electrons. The molecule has 27 heavy (non-hydrogen) atoms. The van der Waals surface area contributed by atoms with Crippen LogP contribution in [0.2, 0.25) is 0 Å². The third-order valence-electron chi connectivity index (χ3n) is 4.67. The van der Waals surface area contributed by atoms with Crippen LogP contribution in [0.5, 0.6) is 0 Å². The van der Waals surface area contributed by atoms with Crippen molar-refractivity contribution in [2.24, 2.45) is 5.92 Å². The number of carbonyl (C=O) groups excluding carboxylic acids is 2. The molecule has 1 aliphatic heterocycles. The van der Waals surface area contributed by atoms with Crippen molar-refractivity contribution in [1.29, 1.82) is 0 Å². The number of nitrogens with zero attached hydrogens (tertiary/aromatic N) is 4. The summed E-state index contributed by atoms with van der Waals surface area (Å²) in [7, 11) is 0. The Morgan fingerprint density at radius 2 is 1.96 bits per heavy atom. The van der Waals surface area contributed by atoms with Gasteiger partial charge in [-0.05, 0) is 24.5 Å². The van der Waals surface area contributed by atoms with E-state index in [1.54, 1.807) is 18.6 Å². The topological polar surface area (TPSA) is 78.4 Å². The first-order chi connectivity index (χ1) is 13.1. The number of anilines is 1. The van der Waals surface area contributed by atoms with Crippen molar-refractivity contribution in [2.75, 3.05) is 37.6 Å². The maximum atomic E-state index is 12.6. The highest BCUT2D eigenvalue weighted by Crippen LogP contribution is 2.20. The van der Waals surface area contributed by atoms with Crippen LogP contribution in [-0.4, -0.2) is 59.4 Å². The predicted molar refractivity (Wildman–Crippen MR) is 103 cm³/mol. The molecule has 0 spiro atoms. The largest absolute Gasteiger partial charge is 0.369 e. The molecule has 2 heterocycles. The van der Waals surface area contributed by atoms with Gasteiger partial charge in [0.15, 0.2) is 0 Å². The van der Waals surface area contributed by atoms with E-state index < -0.39 is 0 Å². The number of benzene rings is 1. The Hall–Kier alpha value is -2.96. The molecule has 1 saturated heterocycles. The van der Waals surface area contributed by atoms with Crippen molar-refractivity contribution in [2.45, 2.75) is 13.3 Å². The van der Waals surface area contributed by atoms with Gasteiger partial charge in [0.1, 0.15) is 0 Å². The normalized spacial score (nSPS) is 17.3. The van der Waals surface area contributed by atoms with Gasteiger partial charge in [-0.2, -0.15) is 0 Å². The summed E-state index contributed by atoms with van der Waals surface area (Å²) >= 11 is 0. The van der Waals surface area contributed by atoms with Crippen molar-refractivity contribution in [3.8, 4) is 0 Å². The first kappa shape index (κ1) is 18.8. The van der Waals surface area contributed by atoms with Crippen LogP contribution in [0.15, 0.2) is 48.9 Å². The second-order valence-electron chi connectivity index (χ2n) is 6.80. The fraction of sp³-hybridized carbons (Fsp3) is 0.400. The first-order valence-corrected chi connectivity index (χ1v) is 9.19. The Morgan fingerprint density at radius 3 is 2.67 bits per heavy atom. The lowest BCUT2D eigenvalue weighted by Crippen LogP contribution is -2.42. The van der Waals surface area contributed by atoms with Gasteiger partial charge in [-0.1, -0.05) is 18.2 Å². The third-order valence-corrected chi connectivity index (χ3v) is 4.67. The van der Waals surface area contributed by atoms with E-state index in [9.17, 15) is 9.59 Å². The van der Waals surface area contributed by atoms with Crippen LogP contribution in [0.3, 0.4) is 0 Å². The van der Waals surface area contributed by atoms with E-state index in [-0.39, 0.29) is 24.3 Å². The van der Waals surface area contributed by atoms with Crippen LogP contribution in [0, 0.1) is 5.92 Å². The zero-order chi connectivity index (χ0) is 19.1. The number of hydrogen-bond acceptors (Lipinski definition) is 5. The van der Waals surface area contributed by atoms with E-state index >= 15 is 0 Å². The molecule has 1 N–H and O–H groups in total. The zero-order valence-corrected chi connectivity index (χ0v) is 15.5. The molecule has 142 valence electrons. The number of para-hydroxylation sites is 1. The van der Waals surface area contributed by atoms with Crippen molar-refractivity contribution in [1.82, 2.24) is 20.2 Å². The molecule has 1 unspecified atom stereocenters. The summed E-state index contributed by atoms with van der Waals surface area (Å²) in [5, 5.41) is 2.60. The highest BCUT2D eigenvalue weighted by molar-refractivity contribution is 5.83. The lowest BCUT2D eigenvalue weighted by atomic mass is 10.0. The monoisotopic (exact) mass is 367 g/mol. The second kappa shape index (κ2) is 9.12. The van der Waals surface area contributed by atoms with Crippen LogP contribution in [-0.2, 0) is 16.0 Å². The summed E-state index contributed by atoms with van der Waals surface area (Å²) < 4.78 is 0. The van der Waals surface area contributed by atoms with Gasteiger partial charge >= 0.3 is 0 Å². The van der Waals surface area contributed by atoms with E-state index in [1.807, 2.05) is 23.1 Å². The summed E-state index contributed by atoms with van der Waals surface area (Å²) in [6, 6.07) is 10.2. The minimum atomic E-state index is -0.194. The Kier molecular flexibility index (Phi) is 6.35. The van der Waals surface area contributed by atoms with Gasteiger partial charge in [0.25, 0.3) is 0 Å². The van der Waals surface area contributed by atoms with E-state index in [1.165, 1.54) is 6.92 Å². The fourth-order valence-corrected chi connectivity index (χ4v) is 3.38. The third kappa shape index (κ3) is 5.51. The first-order valence-electron chi connectivity index (χ1n) is 9.19. The number of rotatable bonds is 5. The SMILES string of the molecule is CC(=O)NCC(=O)N1CCN(c2ccccc2)CC(Cc2cnccn2)C1. The molecule has 0 aliphatic carbocycles. The zero-order valence-electron chi connectivity index (χ0n) is 15.5. The van der Waals surface area contributed by atoms with Crippen molar-refractivity contribution >= 4 is 17.5 Å². The highest BCUT2D eigenvalue weighted by Gasteiger charge is 2.26. The summed E-state index contributed by atoms with van der Waals surface area (Å²) in [6.07, 6.45) is 5.89. The van der Waals surface area contributed by atoms with Crippen LogP contribution >= 0.6 is 0 Å². The quantitative estimate of drug-likeness (QED) is 0.857. The smallest absolute Gasteiger partial charge is 0.242 e. The minimum Gasteiger partial charge on any atom is -0.369 e. The summed E-state index contributed by atoms with van der Waals surface area (Å²) in [5.74, 6) is -0.0184. The van der Waals surface area contributed by atoms with Crippen molar-refractivity contribution < 1.29 is 9.59 Å². The van der Waals surface area contributed by atoms with Crippen molar-refractivity contribution in [3.63, 3.8) is 0 Å². The molecule has 1 aromatic heterocycles. The molecule has 0 bridgehead atoms. The van der Waals surface area contributed by atoms with Crippen LogP contribution in [0.25, 0.3) is 0 Å². The second-order valence-corrected chi connectivity index (χ2v) is 6.80. The molecule has 1 atom stereocenters. The molecule has 7 heteroatoms. The number of aromatic nitrogens is 2. The summed E-state index contributed by atoms with van der Waals surface area (Å²) in [6.45, 7) is 4.32. The van der Waals surface area contributed by atoms with E-state index in [2.05, 4.69) is 32.3 Å². The van der Waals surface area contributed by atoms with Gasteiger partial charge in [0.05, 0.1) is 12.2 Å². The summed E-state index contributed by atoms with van der Waals surface area (Å²) in [5.41, 5.74) is 2.07. The maximum Gasteiger partial charge on any atom is 0.242 e. The molecule has 7 nitrogen and oxygen atoms in total. The molecule has 2 amide bonds. The van der Waals surface area contributed by atoms with Gasteiger partial charge in [0.2, 0.25) is 11.8 Å². The van der Waals surface area contributed by atoms with E-state index in [0.717, 1.165) is 30.9 Å². The van der Waals surface area contributed by atoms with Gasteiger partial charge < -0.3 is 15.1 Å². The standard InChI is InChI=1S/C20H25N5O2/c1-16(26)23-13-20(27)25-10-9-24(19-5-3-2-4-6-19)14-17(15-25)11-18-12-21-7-8-22-18/h2-8,12,17H,9-11,13-15H2,1H3,(H,23,26). The Morgan fingerprint density at radius 1 is 1.15 bits per heavy atom. The Balaban J connectivity index is 1.75. The Labute approximate surface area is 159 Å². The van der Waals surface area contributed by atoms with Crippen LogP contribution in [0.1, 0.15) is 12.6 Å². The lowest BCUT2D eigenvalue weighted by Gasteiger charge is -2.25. The molecule has 1 fully saturated rings. The predicted octanol–water partition coefficient (Wildman–Crippen LogP) is 1.12.